The van der Waals surface area contributed by atoms with Crippen LogP contribution in [-0.4, -0.2) is 48.8 Å². The summed E-state index contributed by atoms with van der Waals surface area (Å²) in [4.78, 5) is 14.4. The van der Waals surface area contributed by atoms with Crippen LogP contribution in [0.3, 0.4) is 0 Å². The van der Waals surface area contributed by atoms with E-state index in [0.29, 0.717) is 30.7 Å². The van der Waals surface area contributed by atoms with Crippen molar-refractivity contribution < 1.29 is 19.0 Å². The number of amides is 1. The molecule has 0 saturated carbocycles. The van der Waals surface area contributed by atoms with E-state index in [-0.39, 0.29) is 19.1 Å². The summed E-state index contributed by atoms with van der Waals surface area (Å²) in [6, 6.07) is 9.29. The second-order valence-electron chi connectivity index (χ2n) is 7.59. The molecule has 6 nitrogen and oxygen atoms in total. The number of benzene rings is 1. The Labute approximate surface area is 149 Å². The Morgan fingerprint density at radius 2 is 1.72 bits per heavy atom. The summed E-state index contributed by atoms with van der Waals surface area (Å²) in [5.41, 5.74) is 0.310. The number of anilines is 1. The van der Waals surface area contributed by atoms with Crippen molar-refractivity contribution in [3.05, 3.63) is 30.3 Å². The molecule has 0 aromatic heterocycles. The van der Waals surface area contributed by atoms with Crippen molar-refractivity contribution in [3.63, 3.8) is 0 Å². The molecular weight excluding hydrogens is 320 g/mol. The third-order valence-electron chi connectivity index (χ3n) is 4.77. The van der Waals surface area contributed by atoms with Crippen LogP contribution in [0.5, 0.6) is 0 Å². The summed E-state index contributed by atoms with van der Waals surface area (Å²) < 4.78 is 17.6. The van der Waals surface area contributed by atoms with Crippen molar-refractivity contribution >= 4 is 11.8 Å². The quantitative estimate of drug-likeness (QED) is 0.885. The fourth-order valence-corrected chi connectivity index (χ4v) is 3.58. The molecule has 2 unspecified atom stereocenters. The van der Waals surface area contributed by atoms with Crippen LogP contribution in [0.2, 0.25) is 0 Å². The number of carbonyl (C=O) groups is 1. The highest BCUT2D eigenvalue weighted by molar-refractivity contribution is 5.84. The minimum atomic E-state index is -0.457. The largest absolute Gasteiger partial charge is 0.447 e. The van der Waals surface area contributed by atoms with Crippen LogP contribution in [-0.2, 0) is 14.2 Å². The monoisotopic (exact) mass is 348 g/mol. The van der Waals surface area contributed by atoms with Gasteiger partial charge in [0.15, 0.2) is 0 Å². The van der Waals surface area contributed by atoms with Crippen LogP contribution in [0.1, 0.15) is 27.7 Å². The first kappa shape index (κ1) is 18.2. The summed E-state index contributed by atoms with van der Waals surface area (Å²) in [6.07, 6.45) is -0.493. The van der Waals surface area contributed by atoms with Gasteiger partial charge in [0, 0.05) is 5.69 Å². The van der Waals surface area contributed by atoms with E-state index in [0.717, 1.165) is 0 Å². The smallest absolute Gasteiger partial charge is 0.411 e. The molecule has 138 valence electrons. The van der Waals surface area contributed by atoms with E-state index in [1.807, 2.05) is 30.3 Å². The zero-order valence-electron chi connectivity index (χ0n) is 15.4. The summed E-state index contributed by atoms with van der Waals surface area (Å²) in [6.45, 7) is 9.82. The fourth-order valence-electron chi connectivity index (χ4n) is 3.58. The molecule has 1 aromatic rings. The average molecular weight is 348 g/mol. The van der Waals surface area contributed by atoms with Crippen molar-refractivity contribution in [1.29, 1.82) is 0 Å². The number of ether oxygens (including phenoxy) is 3. The molecule has 6 heteroatoms. The number of rotatable bonds is 5. The van der Waals surface area contributed by atoms with Gasteiger partial charge in [-0.05, 0) is 24.0 Å². The minimum Gasteiger partial charge on any atom is -0.447 e. The molecule has 2 saturated heterocycles. The minimum absolute atomic E-state index is 0.0179. The molecular formula is C19H28N2O4. The number of hydrogen-bond acceptors (Lipinski definition) is 5. The average Bonchev–Trinajstić information content (AvgIpc) is 3.10. The van der Waals surface area contributed by atoms with Gasteiger partial charge in [0.1, 0.15) is 24.6 Å². The van der Waals surface area contributed by atoms with E-state index in [1.54, 1.807) is 0 Å². The maximum Gasteiger partial charge on any atom is 0.411 e. The molecule has 0 radical (unpaired) electrons. The van der Waals surface area contributed by atoms with Crippen LogP contribution >= 0.6 is 0 Å². The summed E-state index contributed by atoms with van der Waals surface area (Å²) in [5.74, 6) is 0.672. The van der Waals surface area contributed by atoms with Gasteiger partial charge in [-0.2, -0.15) is 0 Å². The van der Waals surface area contributed by atoms with Crippen molar-refractivity contribution in [1.82, 2.24) is 4.90 Å². The molecule has 3 rings (SSSR count). The standard InChI is InChI=1S/C19H28N2O4/c1-13(2)16-21-17(14(3)4)24-11-19(21,10-23-16)12-25-18(22)20-15-8-6-5-7-9-15/h5-9,13-14,16-17H,10-12H2,1-4H3,(H,20,22). The molecule has 25 heavy (non-hydrogen) atoms. The number of para-hydroxylation sites is 1. The lowest BCUT2D eigenvalue weighted by atomic mass is 10.00. The second-order valence-corrected chi connectivity index (χ2v) is 7.59. The van der Waals surface area contributed by atoms with Gasteiger partial charge < -0.3 is 14.2 Å². The predicted octanol–water partition coefficient (Wildman–Crippen LogP) is 3.30. The Balaban J connectivity index is 1.67. The number of fused-ring (bicyclic) bond motifs is 1. The third-order valence-corrected chi connectivity index (χ3v) is 4.77. The van der Waals surface area contributed by atoms with Gasteiger partial charge in [-0.25, -0.2) is 9.69 Å². The van der Waals surface area contributed by atoms with E-state index in [9.17, 15) is 4.79 Å². The van der Waals surface area contributed by atoms with E-state index in [1.165, 1.54) is 0 Å². The Morgan fingerprint density at radius 3 is 2.24 bits per heavy atom. The second kappa shape index (κ2) is 7.32. The Bertz CT molecular complexity index is 570. The fraction of sp³-hybridized carbons (Fsp3) is 0.632. The molecule has 0 spiro atoms. The SMILES string of the molecule is CC(C)C1OCC2(COC(=O)Nc3ccccc3)COC(C(C)C)N12. The molecule has 2 aliphatic heterocycles. The highest BCUT2D eigenvalue weighted by Gasteiger charge is 2.57. The van der Waals surface area contributed by atoms with Crippen LogP contribution in [0.25, 0.3) is 0 Å². The maximum absolute atomic E-state index is 12.2. The van der Waals surface area contributed by atoms with E-state index in [4.69, 9.17) is 14.2 Å². The zero-order valence-corrected chi connectivity index (χ0v) is 15.4. The number of nitrogens with zero attached hydrogens (tertiary/aromatic N) is 1. The van der Waals surface area contributed by atoms with Gasteiger partial charge >= 0.3 is 6.09 Å². The van der Waals surface area contributed by atoms with Gasteiger partial charge in [0.2, 0.25) is 0 Å². The molecule has 0 aliphatic carbocycles. The molecule has 1 amide bonds. The van der Waals surface area contributed by atoms with Crippen LogP contribution in [0.4, 0.5) is 10.5 Å². The third kappa shape index (κ3) is 3.66. The number of hydrogen-bond donors (Lipinski definition) is 1. The molecule has 0 bridgehead atoms. The lowest BCUT2D eigenvalue weighted by Gasteiger charge is -2.36. The normalized spacial score (nSPS) is 29.2. The number of nitrogens with one attached hydrogen (secondary N) is 1. The molecule has 1 aromatic carbocycles. The van der Waals surface area contributed by atoms with Gasteiger partial charge in [-0.15, -0.1) is 0 Å². The molecule has 2 heterocycles. The topological polar surface area (TPSA) is 60.0 Å². The molecule has 1 N–H and O–H groups in total. The summed E-state index contributed by atoms with van der Waals surface area (Å²) >= 11 is 0. The lowest BCUT2D eigenvalue weighted by molar-refractivity contribution is -0.0959. The van der Waals surface area contributed by atoms with E-state index in [2.05, 4.69) is 37.9 Å². The maximum atomic E-state index is 12.2. The Kier molecular flexibility index (Phi) is 5.32. The molecule has 2 fully saturated rings. The summed E-state index contributed by atoms with van der Waals surface area (Å²) in [5, 5.41) is 2.75. The first-order chi connectivity index (χ1) is 11.9. The van der Waals surface area contributed by atoms with E-state index >= 15 is 0 Å². The van der Waals surface area contributed by atoms with Crippen molar-refractivity contribution in [2.45, 2.75) is 45.7 Å². The van der Waals surface area contributed by atoms with Crippen molar-refractivity contribution in [2.75, 3.05) is 25.1 Å². The lowest BCUT2D eigenvalue weighted by Crippen LogP contribution is -2.54. The van der Waals surface area contributed by atoms with Crippen molar-refractivity contribution in [2.24, 2.45) is 11.8 Å². The molecule has 2 atom stereocenters. The van der Waals surface area contributed by atoms with Crippen molar-refractivity contribution in [3.8, 4) is 0 Å². The number of carbonyl (C=O) groups excluding carboxylic acids is 1. The van der Waals surface area contributed by atoms with Gasteiger partial charge in [0.25, 0.3) is 0 Å². The highest BCUT2D eigenvalue weighted by atomic mass is 16.6. The first-order valence-electron chi connectivity index (χ1n) is 8.93. The predicted molar refractivity (Wildman–Crippen MR) is 95.1 cm³/mol. The van der Waals surface area contributed by atoms with Crippen LogP contribution in [0.15, 0.2) is 30.3 Å². The Hall–Kier alpha value is -1.63. The van der Waals surface area contributed by atoms with Gasteiger partial charge in [-0.3, -0.25) is 5.32 Å². The van der Waals surface area contributed by atoms with Crippen LogP contribution < -0.4 is 5.32 Å². The first-order valence-corrected chi connectivity index (χ1v) is 8.93. The van der Waals surface area contributed by atoms with Gasteiger partial charge in [-0.1, -0.05) is 45.9 Å². The summed E-state index contributed by atoms with van der Waals surface area (Å²) in [7, 11) is 0. The Morgan fingerprint density at radius 1 is 1.16 bits per heavy atom. The molecule has 2 aliphatic rings. The zero-order chi connectivity index (χ0) is 18.0. The van der Waals surface area contributed by atoms with Crippen LogP contribution in [0, 0.1) is 11.8 Å². The van der Waals surface area contributed by atoms with E-state index < -0.39 is 11.6 Å². The highest BCUT2D eigenvalue weighted by Crippen LogP contribution is 2.41. The van der Waals surface area contributed by atoms with Gasteiger partial charge in [0.05, 0.1) is 13.2 Å².